The van der Waals surface area contributed by atoms with Crippen molar-refractivity contribution in [1.29, 1.82) is 0 Å². The van der Waals surface area contributed by atoms with Crippen molar-refractivity contribution in [1.82, 2.24) is 0 Å². The largest absolute Gasteiger partial charge is 0.573 e. The fourth-order valence-corrected chi connectivity index (χ4v) is 4.40. The fourth-order valence-electron chi connectivity index (χ4n) is 3.34. The lowest BCUT2D eigenvalue weighted by Crippen LogP contribution is -2.17. The summed E-state index contributed by atoms with van der Waals surface area (Å²) in [6.45, 7) is 0.566. The number of ether oxygens (including phenoxy) is 1. The van der Waals surface area contributed by atoms with E-state index in [1.54, 1.807) is 18.2 Å². The summed E-state index contributed by atoms with van der Waals surface area (Å²) in [5.41, 5.74) is 3.26. The molecule has 1 N–H and O–H groups in total. The third kappa shape index (κ3) is 4.91. The highest BCUT2D eigenvalue weighted by Gasteiger charge is 2.31. The Morgan fingerprint density at radius 3 is 2.28 bits per heavy atom. The number of sulfonamides is 1. The van der Waals surface area contributed by atoms with Crippen molar-refractivity contribution in [3.63, 3.8) is 0 Å². The third-order valence-corrected chi connectivity index (χ3v) is 6.15. The van der Waals surface area contributed by atoms with Crippen molar-refractivity contribution < 1.29 is 30.7 Å². The van der Waals surface area contributed by atoms with Crippen molar-refractivity contribution in [2.45, 2.75) is 17.7 Å². The van der Waals surface area contributed by atoms with Gasteiger partial charge in [0.1, 0.15) is 11.6 Å². The minimum atomic E-state index is -4.87. The summed E-state index contributed by atoms with van der Waals surface area (Å²) in [5.74, 6) is -0.889. The van der Waals surface area contributed by atoms with Crippen LogP contribution in [0.25, 0.3) is 0 Å². The van der Waals surface area contributed by atoms with Gasteiger partial charge in [0, 0.05) is 23.4 Å². The molecule has 0 aromatic heterocycles. The number of halogens is 4. The zero-order valence-corrected chi connectivity index (χ0v) is 17.2. The zero-order chi connectivity index (χ0) is 22.9. The monoisotopic (exact) mass is 464 g/mol. The number of hydrogen-bond donors (Lipinski definition) is 1. The molecule has 0 bridgehead atoms. The lowest BCUT2D eigenvalue weighted by molar-refractivity contribution is -0.274. The molecule has 32 heavy (non-hydrogen) atoms. The van der Waals surface area contributed by atoms with E-state index in [4.69, 9.17) is 0 Å². The lowest BCUT2D eigenvalue weighted by Gasteiger charge is -2.17. The molecule has 0 aliphatic carbocycles. The minimum Gasteiger partial charge on any atom is -0.406 e. The zero-order valence-electron chi connectivity index (χ0n) is 16.4. The number of fused-ring (bicyclic) bond motifs is 1. The van der Waals surface area contributed by atoms with Gasteiger partial charge in [-0.1, -0.05) is 18.2 Å². The molecule has 3 aromatic carbocycles. The van der Waals surface area contributed by atoms with Crippen LogP contribution in [0.1, 0.15) is 16.7 Å². The maximum absolute atomic E-state index is 13.7. The van der Waals surface area contributed by atoms with E-state index in [9.17, 15) is 26.0 Å². The Balaban J connectivity index is 1.52. The standard InChI is InChI=1S/C22H16F4N2O3S/c23-16-4-1-14-11-12-27-21(20(14)13-16)15-2-5-17(6-3-15)28-32(29,30)19-9-7-18(8-10-19)31-22(24,25)26/h1-10,13,28H,11-12H2. The molecule has 3 aromatic rings. The van der Waals surface area contributed by atoms with Gasteiger partial charge < -0.3 is 4.74 Å². The smallest absolute Gasteiger partial charge is 0.406 e. The van der Waals surface area contributed by atoms with Gasteiger partial charge in [0.2, 0.25) is 0 Å². The molecule has 0 radical (unpaired) electrons. The van der Waals surface area contributed by atoms with Crippen LogP contribution in [0.15, 0.2) is 76.6 Å². The molecule has 0 saturated heterocycles. The van der Waals surface area contributed by atoms with Gasteiger partial charge in [-0.2, -0.15) is 0 Å². The molecule has 0 saturated carbocycles. The van der Waals surface area contributed by atoms with Crippen LogP contribution in [0.2, 0.25) is 0 Å². The predicted molar refractivity (Wildman–Crippen MR) is 111 cm³/mol. The van der Waals surface area contributed by atoms with Crippen molar-refractivity contribution in [3.05, 3.63) is 89.2 Å². The molecule has 0 fully saturated rings. The second kappa shape index (κ2) is 8.27. The molecular weight excluding hydrogens is 448 g/mol. The summed E-state index contributed by atoms with van der Waals surface area (Å²) in [4.78, 5) is 4.26. The van der Waals surface area contributed by atoms with Gasteiger partial charge in [0.25, 0.3) is 10.0 Å². The Bertz CT molecular complexity index is 1270. The molecule has 1 heterocycles. The summed E-state index contributed by atoms with van der Waals surface area (Å²) < 4.78 is 81.7. The number of hydrogen-bond acceptors (Lipinski definition) is 4. The highest BCUT2D eigenvalue weighted by molar-refractivity contribution is 7.92. The average Bonchev–Trinajstić information content (AvgIpc) is 2.73. The average molecular weight is 464 g/mol. The predicted octanol–water partition coefficient (Wildman–Crippen LogP) is 4.92. The molecule has 166 valence electrons. The van der Waals surface area contributed by atoms with Gasteiger partial charge in [0.05, 0.1) is 10.6 Å². The second-order valence-corrected chi connectivity index (χ2v) is 8.67. The van der Waals surface area contributed by atoms with Crippen molar-refractivity contribution in [3.8, 4) is 5.75 Å². The van der Waals surface area contributed by atoms with Crippen LogP contribution >= 0.6 is 0 Å². The number of nitrogens with one attached hydrogen (secondary N) is 1. The molecule has 0 amide bonds. The Morgan fingerprint density at radius 1 is 0.938 bits per heavy atom. The number of anilines is 1. The maximum Gasteiger partial charge on any atom is 0.573 e. The normalized spacial score (nSPS) is 13.8. The van der Waals surface area contributed by atoms with E-state index < -0.39 is 22.1 Å². The van der Waals surface area contributed by atoms with Crippen LogP contribution in [0.3, 0.4) is 0 Å². The molecule has 5 nitrogen and oxygen atoms in total. The van der Waals surface area contributed by atoms with Crippen LogP contribution in [0.5, 0.6) is 5.75 Å². The van der Waals surface area contributed by atoms with Crippen LogP contribution in [-0.4, -0.2) is 27.0 Å². The van der Waals surface area contributed by atoms with Crippen LogP contribution in [-0.2, 0) is 16.4 Å². The van der Waals surface area contributed by atoms with Crippen molar-refractivity contribution in [2.24, 2.45) is 4.99 Å². The van der Waals surface area contributed by atoms with E-state index in [1.807, 2.05) is 0 Å². The van der Waals surface area contributed by atoms with E-state index in [0.29, 0.717) is 29.8 Å². The quantitative estimate of drug-likeness (QED) is 0.545. The van der Waals surface area contributed by atoms with E-state index in [1.165, 1.54) is 24.3 Å². The number of alkyl halides is 3. The summed E-state index contributed by atoms with van der Waals surface area (Å²) in [7, 11) is -4.03. The van der Waals surface area contributed by atoms with Gasteiger partial charge in [-0.15, -0.1) is 13.2 Å². The number of nitrogens with zero attached hydrogens (tertiary/aromatic N) is 1. The number of aliphatic imine (C=N–C) groups is 1. The molecule has 0 atom stereocenters. The van der Waals surface area contributed by atoms with E-state index in [2.05, 4.69) is 14.5 Å². The first kappa shape index (κ1) is 21.8. The summed E-state index contributed by atoms with van der Waals surface area (Å²) in [6.07, 6.45) is -4.15. The van der Waals surface area contributed by atoms with Gasteiger partial charge in [0.15, 0.2) is 0 Å². The molecule has 0 spiro atoms. The van der Waals surface area contributed by atoms with Gasteiger partial charge in [-0.3, -0.25) is 9.71 Å². The Morgan fingerprint density at radius 2 is 1.62 bits per heavy atom. The van der Waals surface area contributed by atoms with Crippen molar-refractivity contribution >= 4 is 21.4 Å². The maximum atomic E-state index is 13.7. The lowest BCUT2D eigenvalue weighted by atomic mass is 9.93. The van der Waals surface area contributed by atoms with Crippen LogP contribution < -0.4 is 9.46 Å². The van der Waals surface area contributed by atoms with E-state index in [-0.39, 0.29) is 16.4 Å². The Kier molecular flexibility index (Phi) is 5.64. The highest BCUT2D eigenvalue weighted by Crippen LogP contribution is 2.26. The van der Waals surface area contributed by atoms with E-state index in [0.717, 1.165) is 29.8 Å². The van der Waals surface area contributed by atoms with Crippen LogP contribution in [0, 0.1) is 5.82 Å². The first-order chi connectivity index (χ1) is 15.1. The first-order valence-corrected chi connectivity index (χ1v) is 10.9. The van der Waals surface area contributed by atoms with Gasteiger partial charge in [-0.05, 0) is 60.5 Å². The van der Waals surface area contributed by atoms with Gasteiger partial charge in [-0.25, -0.2) is 12.8 Å². The molecule has 4 rings (SSSR count). The molecule has 0 unspecified atom stereocenters. The summed E-state index contributed by atoms with van der Waals surface area (Å²) >= 11 is 0. The molecular formula is C22H16F4N2O3S. The van der Waals surface area contributed by atoms with Gasteiger partial charge >= 0.3 is 6.36 Å². The Hall–Kier alpha value is -3.40. The molecule has 1 aliphatic heterocycles. The summed E-state index contributed by atoms with van der Waals surface area (Å²) in [5, 5.41) is 0. The minimum absolute atomic E-state index is 0.225. The van der Waals surface area contributed by atoms with E-state index >= 15 is 0 Å². The summed E-state index contributed by atoms with van der Waals surface area (Å²) in [6, 6.07) is 14.8. The first-order valence-electron chi connectivity index (χ1n) is 9.43. The SMILES string of the molecule is O=S(=O)(Nc1ccc(C2=NCCc3ccc(F)cc32)cc1)c1ccc(OC(F)(F)F)cc1. The third-order valence-electron chi connectivity index (χ3n) is 4.76. The topological polar surface area (TPSA) is 67.8 Å². The second-order valence-electron chi connectivity index (χ2n) is 6.98. The highest BCUT2D eigenvalue weighted by atomic mass is 32.2. The molecule has 10 heteroatoms. The number of rotatable bonds is 5. The Labute approximate surface area is 181 Å². The van der Waals surface area contributed by atoms with Crippen molar-refractivity contribution in [2.75, 3.05) is 11.3 Å². The number of benzene rings is 3. The fraction of sp³-hybridized carbons (Fsp3) is 0.136. The molecule has 1 aliphatic rings. The van der Waals surface area contributed by atoms with Crippen LogP contribution in [0.4, 0.5) is 23.2 Å².